The largest absolute Gasteiger partial charge is 0.493 e. The maximum Gasteiger partial charge on any atom is 0.342 e. The maximum absolute atomic E-state index is 13.4. The molecule has 1 heterocycles. The monoisotopic (exact) mass is 486 g/mol. The molecule has 0 aromatic heterocycles. The Kier molecular flexibility index (Phi) is 6.27. The van der Waals surface area contributed by atoms with Gasteiger partial charge in [-0.25, -0.2) is 21.6 Å². The third-order valence-corrected chi connectivity index (χ3v) is 9.44. The fourth-order valence-electron chi connectivity index (χ4n) is 3.81. The van der Waals surface area contributed by atoms with Gasteiger partial charge in [0.2, 0.25) is 0 Å². The molecular weight excluding hydrogens is 464 g/mol. The summed E-state index contributed by atoms with van der Waals surface area (Å²) in [4.78, 5) is 12.8. The van der Waals surface area contributed by atoms with Gasteiger partial charge in [0.25, 0.3) is 0 Å². The number of hydrogen-bond acceptors (Lipinski definition) is 7. The number of sulfone groups is 2. The van der Waals surface area contributed by atoms with E-state index in [-0.39, 0.29) is 39.9 Å². The first-order chi connectivity index (χ1) is 15.8. The van der Waals surface area contributed by atoms with Crippen molar-refractivity contribution in [3.05, 3.63) is 89.5 Å². The number of esters is 1. The summed E-state index contributed by atoms with van der Waals surface area (Å²) >= 11 is 0. The fourth-order valence-corrected chi connectivity index (χ4v) is 8.14. The highest BCUT2D eigenvalue weighted by atomic mass is 32.2. The van der Waals surface area contributed by atoms with Crippen LogP contribution in [0.5, 0.6) is 5.75 Å². The normalized spacial score (nSPS) is 16.7. The van der Waals surface area contributed by atoms with Gasteiger partial charge in [-0.05, 0) is 36.8 Å². The zero-order valence-corrected chi connectivity index (χ0v) is 19.4. The van der Waals surface area contributed by atoms with E-state index in [0.29, 0.717) is 0 Å². The lowest BCUT2D eigenvalue weighted by molar-refractivity contribution is 0.0468. The number of hydrogen-bond donors (Lipinski definition) is 0. The molecule has 0 saturated heterocycles. The summed E-state index contributed by atoms with van der Waals surface area (Å²) in [6.07, 6.45) is 0. The molecule has 0 N–H and O–H groups in total. The van der Waals surface area contributed by atoms with Crippen LogP contribution < -0.4 is 4.74 Å². The van der Waals surface area contributed by atoms with E-state index in [0.717, 1.165) is 5.56 Å². The van der Waals surface area contributed by atoms with Crippen molar-refractivity contribution in [1.29, 1.82) is 0 Å². The Hall–Kier alpha value is -3.17. The van der Waals surface area contributed by atoms with E-state index in [9.17, 15) is 21.6 Å². The lowest BCUT2D eigenvalue weighted by Crippen LogP contribution is -2.17. The van der Waals surface area contributed by atoms with Crippen molar-refractivity contribution in [2.75, 3.05) is 12.4 Å². The molecule has 0 amide bonds. The average Bonchev–Trinajstić information content (AvgIpc) is 3.11. The Labute approximate surface area is 192 Å². The van der Waals surface area contributed by atoms with Crippen LogP contribution in [0.25, 0.3) is 0 Å². The number of fused-ring (bicyclic) bond motifs is 1. The Bertz CT molecular complexity index is 1380. The summed E-state index contributed by atoms with van der Waals surface area (Å²) in [6, 6.07) is 19.3. The summed E-state index contributed by atoms with van der Waals surface area (Å²) in [6.45, 7) is 1.78. The highest BCUT2D eigenvalue weighted by molar-refractivity contribution is 7.96. The minimum Gasteiger partial charge on any atom is -0.493 e. The maximum atomic E-state index is 13.4. The van der Waals surface area contributed by atoms with Gasteiger partial charge in [0.15, 0.2) is 19.7 Å². The number of carbonyl (C=O) groups excluding carboxylic acids is 1. The molecule has 1 atom stereocenters. The van der Waals surface area contributed by atoms with Crippen molar-refractivity contribution in [3.8, 4) is 5.75 Å². The van der Waals surface area contributed by atoms with Crippen LogP contribution in [0.4, 0.5) is 0 Å². The topological polar surface area (TPSA) is 104 Å². The molecular formula is C24H22O7S2. The van der Waals surface area contributed by atoms with Crippen molar-refractivity contribution in [3.63, 3.8) is 0 Å². The van der Waals surface area contributed by atoms with Gasteiger partial charge in [-0.3, -0.25) is 0 Å². The lowest BCUT2D eigenvalue weighted by Gasteiger charge is -2.18. The van der Waals surface area contributed by atoms with E-state index in [1.165, 1.54) is 24.3 Å². The quantitative estimate of drug-likeness (QED) is 0.469. The summed E-state index contributed by atoms with van der Waals surface area (Å²) < 4.78 is 63.6. The molecule has 0 fully saturated rings. The van der Waals surface area contributed by atoms with E-state index < -0.39 is 36.6 Å². The number of carbonyl (C=O) groups is 1. The molecule has 3 aromatic carbocycles. The molecule has 1 unspecified atom stereocenters. The first-order valence-electron chi connectivity index (χ1n) is 10.3. The molecule has 0 bridgehead atoms. The van der Waals surface area contributed by atoms with E-state index in [2.05, 4.69) is 0 Å². The molecule has 33 heavy (non-hydrogen) atoms. The highest BCUT2D eigenvalue weighted by Gasteiger charge is 2.46. The van der Waals surface area contributed by atoms with Crippen LogP contribution in [-0.2, 0) is 31.0 Å². The summed E-state index contributed by atoms with van der Waals surface area (Å²) in [5.74, 6) is -1.42. The van der Waals surface area contributed by atoms with Gasteiger partial charge in [0.1, 0.15) is 23.2 Å². The second-order valence-electron chi connectivity index (χ2n) is 7.48. The molecule has 3 aromatic rings. The predicted molar refractivity (Wildman–Crippen MR) is 122 cm³/mol. The van der Waals surface area contributed by atoms with Gasteiger partial charge in [-0.1, -0.05) is 48.5 Å². The summed E-state index contributed by atoms with van der Waals surface area (Å²) in [5.41, 5.74) is 0.740. The van der Waals surface area contributed by atoms with Crippen molar-refractivity contribution in [2.45, 2.75) is 28.6 Å². The van der Waals surface area contributed by atoms with Crippen LogP contribution in [0.2, 0.25) is 0 Å². The molecule has 7 nitrogen and oxygen atoms in total. The van der Waals surface area contributed by atoms with Crippen LogP contribution in [0.1, 0.15) is 33.7 Å². The minimum atomic E-state index is -4.07. The van der Waals surface area contributed by atoms with E-state index in [1.54, 1.807) is 37.3 Å². The van der Waals surface area contributed by atoms with E-state index >= 15 is 0 Å². The Balaban J connectivity index is 1.80. The zero-order chi connectivity index (χ0) is 23.6. The first kappa shape index (κ1) is 23.0. The molecule has 1 aliphatic heterocycles. The minimum absolute atomic E-state index is 0.00226. The van der Waals surface area contributed by atoms with Crippen molar-refractivity contribution in [1.82, 2.24) is 0 Å². The SMILES string of the molecule is CCOc1c(C(=O)OCc2ccccc2)ccc2c1C(S(=O)(=O)c1ccccc1)CS2(=O)=O. The molecule has 1 aliphatic rings. The van der Waals surface area contributed by atoms with Gasteiger partial charge in [0.05, 0.1) is 22.2 Å². The van der Waals surface area contributed by atoms with Crippen LogP contribution in [-0.4, -0.2) is 35.2 Å². The molecule has 9 heteroatoms. The molecule has 0 aliphatic carbocycles. The Morgan fingerprint density at radius 2 is 1.61 bits per heavy atom. The number of benzene rings is 3. The number of ether oxygens (including phenoxy) is 2. The van der Waals surface area contributed by atoms with Crippen LogP contribution >= 0.6 is 0 Å². The molecule has 0 spiro atoms. The number of rotatable bonds is 7. The Morgan fingerprint density at radius 1 is 0.970 bits per heavy atom. The zero-order valence-electron chi connectivity index (χ0n) is 17.8. The van der Waals surface area contributed by atoms with Crippen molar-refractivity contribution in [2.24, 2.45) is 0 Å². The van der Waals surface area contributed by atoms with E-state index in [4.69, 9.17) is 9.47 Å². The van der Waals surface area contributed by atoms with Gasteiger partial charge >= 0.3 is 5.97 Å². The third-order valence-electron chi connectivity index (χ3n) is 5.35. The average molecular weight is 487 g/mol. The van der Waals surface area contributed by atoms with Gasteiger partial charge in [-0.15, -0.1) is 0 Å². The van der Waals surface area contributed by atoms with Gasteiger partial charge in [0, 0.05) is 5.56 Å². The third kappa shape index (κ3) is 4.38. The summed E-state index contributed by atoms with van der Waals surface area (Å²) in [7, 11) is -7.97. The first-order valence-corrected chi connectivity index (χ1v) is 13.5. The van der Waals surface area contributed by atoms with Crippen molar-refractivity contribution >= 4 is 25.6 Å². The smallest absolute Gasteiger partial charge is 0.342 e. The molecule has 0 saturated carbocycles. The fraction of sp³-hybridized carbons (Fsp3) is 0.208. The van der Waals surface area contributed by atoms with Crippen LogP contribution in [0.15, 0.2) is 82.6 Å². The van der Waals surface area contributed by atoms with Crippen LogP contribution in [0, 0.1) is 0 Å². The summed E-state index contributed by atoms with van der Waals surface area (Å²) in [5, 5.41) is -1.40. The van der Waals surface area contributed by atoms with Gasteiger partial charge in [-0.2, -0.15) is 0 Å². The molecule has 0 radical (unpaired) electrons. The van der Waals surface area contributed by atoms with Gasteiger partial charge < -0.3 is 9.47 Å². The second-order valence-corrected chi connectivity index (χ2v) is 11.6. The van der Waals surface area contributed by atoms with E-state index in [1.807, 2.05) is 18.2 Å². The Morgan fingerprint density at radius 3 is 2.24 bits per heavy atom. The second kappa shape index (κ2) is 8.99. The highest BCUT2D eigenvalue weighted by Crippen LogP contribution is 2.47. The molecule has 172 valence electrons. The standard InChI is InChI=1S/C24H22O7S2/c1-2-30-23-19(24(25)31-15-17-9-5-3-6-10-17)13-14-20-22(23)21(16-32(20,26)27)33(28,29)18-11-7-4-8-12-18/h3-14,21H,2,15-16H2,1H3. The van der Waals surface area contributed by atoms with Crippen molar-refractivity contribution < 1.29 is 31.1 Å². The lowest BCUT2D eigenvalue weighted by atomic mass is 10.1. The van der Waals surface area contributed by atoms with Crippen LogP contribution in [0.3, 0.4) is 0 Å². The molecule has 4 rings (SSSR count). The predicted octanol–water partition coefficient (Wildman–Crippen LogP) is 3.74.